The van der Waals surface area contributed by atoms with Crippen molar-refractivity contribution in [3.63, 3.8) is 0 Å². The van der Waals surface area contributed by atoms with Crippen LogP contribution in [0.1, 0.15) is 30.0 Å². The highest BCUT2D eigenvalue weighted by molar-refractivity contribution is 5.80. The van der Waals surface area contributed by atoms with E-state index >= 15 is 0 Å². The number of rotatable bonds is 4. The van der Waals surface area contributed by atoms with Crippen LogP contribution in [-0.2, 0) is 23.2 Å². The molecular formula is C23H28FN3O2. The molecule has 0 amide bonds. The Labute approximate surface area is 171 Å². The molecule has 2 aromatic carbocycles. The maximum absolute atomic E-state index is 13.9. The van der Waals surface area contributed by atoms with Gasteiger partial charge in [-0.1, -0.05) is 37.3 Å². The number of nitrogens with one attached hydrogen (secondary N) is 1. The van der Waals surface area contributed by atoms with Gasteiger partial charge in [0, 0.05) is 37.7 Å². The van der Waals surface area contributed by atoms with Crippen molar-refractivity contribution < 1.29 is 13.9 Å². The number of nitrogens with zero attached hydrogens (tertiary/aromatic N) is 2. The average molecular weight is 397 g/mol. The van der Waals surface area contributed by atoms with Crippen LogP contribution < -0.4 is 10.1 Å². The predicted octanol–water partition coefficient (Wildman–Crippen LogP) is 3.47. The number of halogens is 1. The van der Waals surface area contributed by atoms with E-state index in [0.29, 0.717) is 19.6 Å². The van der Waals surface area contributed by atoms with E-state index in [1.54, 1.807) is 6.07 Å². The van der Waals surface area contributed by atoms with Crippen molar-refractivity contribution in [1.82, 2.24) is 10.2 Å². The van der Waals surface area contributed by atoms with Gasteiger partial charge in [-0.25, -0.2) is 4.39 Å². The molecular weight excluding hydrogens is 369 g/mol. The summed E-state index contributed by atoms with van der Waals surface area (Å²) in [4.78, 5) is 6.78. The summed E-state index contributed by atoms with van der Waals surface area (Å²) in [7, 11) is 1.81. The van der Waals surface area contributed by atoms with Crippen LogP contribution in [0.15, 0.2) is 47.5 Å². The highest BCUT2D eigenvalue weighted by Crippen LogP contribution is 2.34. The van der Waals surface area contributed by atoms with Crippen molar-refractivity contribution >= 4 is 5.96 Å². The molecule has 6 heteroatoms. The highest BCUT2D eigenvalue weighted by atomic mass is 19.1. The lowest BCUT2D eigenvalue weighted by Gasteiger charge is -2.27. The van der Waals surface area contributed by atoms with Gasteiger partial charge in [0.25, 0.3) is 0 Å². The van der Waals surface area contributed by atoms with Gasteiger partial charge < -0.3 is 19.7 Å². The molecule has 0 saturated carbocycles. The van der Waals surface area contributed by atoms with Gasteiger partial charge in [0.05, 0.1) is 6.61 Å². The van der Waals surface area contributed by atoms with Crippen LogP contribution in [0.5, 0.6) is 5.75 Å². The normalized spacial score (nSPS) is 21.6. The lowest BCUT2D eigenvalue weighted by Crippen LogP contribution is -2.42. The fourth-order valence-electron chi connectivity index (χ4n) is 4.30. The molecule has 1 saturated heterocycles. The molecule has 2 heterocycles. The fourth-order valence-corrected chi connectivity index (χ4v) is 4.30. The standard InChI is InChI=1S/C23H28FN3O2/c1-23(19-6-4-3-5-7-19)9-11-27(15-23)22(25-2)26-10-8-17-12-20(24)13-18-14-28-16-29-21(17)18/h3-7,12-13H,8-11,14-16H2,1-2H3,(H,25,26). The predicted molar refractivity (Wildman–Crippen MR) is 112 cm³/mol. The third kappa shape index (κ3) is 4.22. The first-order valence-electron chi connectivity index (χ1n) is 10.1. The molecule has 2 aromatic rings. The Morgan fingerprint density at radius 1 is 1.28 bits per heavy atom. The molecule has 2 aliphatic rings. The molecule has 5 nitrogen and oxygen atoms in total. The summed E-state index contributed by atoms with van der Waals surface area (Å²) in [6.07, 6.45) is 1.74. The minimum absolute atomic E-state index is 0.119. The SMILES string of the molecule is CN=C(NCCc1cc(F)cc2c1OCOC2)N1CCC(C)(c2ccccc2)C1. The zero-order chi connectivity index (χ0) is 20.3. The van der Waals surface area contributed by atoms with Gasteiger partial charge in [-0.15, -0.1) is 0 Å². The van der Waals surface area contributed by atoms with E-state index in [1.165, 1.54) is 11.6 Å². The smallest absolute Gasteiger partial charge is 0.193 e. The molecule has 1 fully saturated rings. The van der Waals surface area contributed by atoms with Crippen LogP contribution in [-0.4, -0.2) is 44.3 Å². The van der Waals surface area contributed by atoms with Gasteiger partial charge in [0.2, 0.25) is 0 Å². The van der Waals surface area contributed by atoms with Crippen molar-refractivity contribution in [3.05, 3.63) is 65.0 Å². The van der Waals surface area contributed by atoms with Gasteiger partial charge in [-0.2, -0.15) is 0 Å². The van der Waals surface area contributed by atoms with E-state index in [9.17, 15) is 4.39 Å². The van der Waals surface area contributed by atoms with E-state index < -0.39 is 0 Å². The molecule has 1 atom stereocenters. The lowest BCUT2D eigenvalue weighted by atomic mass is 9.82. The monoisotopic (exact) mass is 397 g/mol. The first-order valence-corrected chi connectivity index (χ1v) is 10.1. The van der Waals surface area contributed by atoms with Crippen molar-refractivity contribution in [2.45, 2.75) is 31.8 Å². The first-order chi connectivity index (χ1) is 14.1. The van der Waals surface area contributed by atoms with Crippen molar-refractivity contribution in [1.29, 1.82) is 0 Å². The molecule has 1 unspecified atom stereocenters. The van der Waals surface area contributed by atoms with E-state index in [2.05, 4.69) is 52.5 Å². The summed E-state index contributed by atoms with van der Waals surface area (Å²) in [5, 5.41) is 3.44. The Kier molecular flexibility index (Phi) is 5.72. The Hall–Kier alpha value is -2.60. The van der Waals surface area contributed by atoms with E-state index in [-0.39, 0.29) is 18.0 Å². The Bertz CT molecular complexity index is 887. The second kappa shape index (κ2) is 8.41. The Balaban J connectivity index is 1.38. The van der Waals surface area contributed by atoms with Gasteiger partial charge in [-0.3, -0.25) is 4.99 Å². The minimum atomic E-state index is -0.254. The molecule has 2 aliphatic heterocycles. The van der Waals surface area contributed by atoms with Crippen LogP contribution in [0, 0.1) is 5.82 Å². The Morgan fingerprint density at radius 3 is 2.90 bits per heavy atom. The van der Waals surface area contributed by atoms with Gasteiger partial charge >= 0.3 is 0 Å². The van der Waals surface area contributed by atoms with E-state index in [0.717, 1.165) is 42.3 Å². The van der Waals surface area contributed by atoms with Crippen molar-refractivity contribution in [3.8, 4) is 5.75 Å². The van der Waals surface area contributed by atoms with Crippen LogP contribution >= 0.6 is 0 Å². The summed E-state index contributed by atoms with van der Waals surface area (Å²) in [6, 6.07) is 13.7. The molecule has 29 heavy (non-hydrogen) atoms. The quantitative estimate of drug-likeness (QED) is 0.634. The second-order valence-corrected chi connectivity index (χ2v) is 7.99. The molecule has 154 valence electrons. The number of guanidine groups is 1. The van der Waals surface area contributed by atoms with Crippen LogP contribution in [0.3, 0.4) is 0 Å². The molecule has 0 radical (unpaired) electrons. The van der Waals surface area contributed by atoms with Crippen LogP contribution in [0.25, 0.3) is 0 Å². The molecule has 0 aliphatic carbocycles. The number of likely N-dealkylation sites (tertiary alicyclic amines) is 1. The fraction of sp³-hybridized carbons (Fsp3) is 0.435. The molecule has 0 aromatic heterocycles. The number of hydrogen-bond acceptors (Lipinski definition) is 3. The largest absolute Gasteiger partial charge is 0.467 e. The summed E-state index contributed by atoms with van der Waals surface area (Å²) in [5.74, 6) is 1.39. The van der Waals surface area contributed by atoms with Gasteiger partial charge in [0.15, 0.2) is 12.8 Å². The molecule has 4 rings (SSSR count). The van der Waals surface area contributed by atoms with Gasteiger partial charge in [0.1, 0.15) is 11.6 Å². The van der Waals surface area contributed by atoms with Gasteiger partial charge in [-0.05, 0) is 36.1 Å². The Morgan fingerprint density at radius 2 is 2.10 bits per heavy atom. The number of ether oxygens (including phenoxy) is 2. The highest BCUT2D eigenvalue weighted by Gasteiger charge is 2.36. The van der Waals surface area contributed by atoms with E-state index in [4.69, 9.17) is 9.47 Å². The molecule has 0 bridgehead atoms. The minimum Gasteiger partial charge on any atom is -0.467 e. The van der Waals surface area contributed by atoms with Crippen molar-refractivity contribution in [2.24, 2.45) is 4.99 Å². The van der Waals surface area contributed by atoms with Crippen molar-refractivity contribution in [2.75, 3.05) is 33.5 Å². The molecule has 0 spiro atoms. The maximum Gasteiger partial charge on any atom is 0.193 e. The summed E-state index contributed by atoms with van der Waals surface area (Å²) in [5.41, 5.74) is 3.12. The number of benzene rings is 2. The maximum atomic E-state index is 13.9. The zero-order valence-electron chi connectivity index (χ0n) is 17.1. The number of aliphatic imine (C=N–C) groups is 1. The third-order valence-corrected chi connectivity index (χ3v) is 5.88. The second-order valence-electron chi connectivity index (χ2n) is 7.99. The third-order valence-electron chi connectivity index (χ3n) is 5.88. The van der Waals surface area contributed by atoms with Crippen LogP contribution in [0.2, 0.25) is 0 Å². The van der Waals surface area contributed by atoms with E-state index in [1.807, 2.05) is 7.05 Å². The number of fused-ring (bicyclic) bond motifs is 1. The average Bonchev–Trinajstić information content (AvgIpc) is 3.15. The lowest BCUT2D eigenvalue weighted by molar-refractivity contribution is -0.0172. The topological polar surface area (TPSA) is 46.1 Å². The summed E-state index contributed by atoms with van der Waals surface area (Å²) in [6.45, 7) is 5.46. The number of hydrogen-bond donors (Lipinski definition) is 1. The van der Waals surface area contributed by atoms with Crippen LogP contribution in [0.4, 0.5) is 4.39 Å². The summed E-state index contributed by atoms with van der Waals surface area (Å²) >= 11 is 0. The zero-order valence-corrected chi connectivity index (χ0v) is 17.1. The molecule has 1 N–H and O–H groups in total. The summed E-state index contributed by atoms with van der Waals surface area (Å²) < 4.78 is 24.8. The first kappa shape index (κ1) is 19.7.